The molecule has 8 heterocycles. The van der Waals surface area contributed by atoms with Gasteiger partial charge in [0.15, 0.2) is 28.5 Å². The van der Waals surface area contributed by atoms with Crippen LogP contribution in [-0.2, 0) is 32.7 Å². The minimum Gasteiger partial charge on any atom is -0.508 e. The molecule has 0 saturated carbocycles. The van der Waals surface area contributed by atoms with E-state index >= 15 is 0 Å². The lowest BCUT2D eigenvalue weighted by atomic mass is 9.74. The largest absolute Gasteiger partial charge is 0.508 e. The van der Waals surface area contributed by atoms with Gasteiger partial charge in [0, 0.05) is 58.4 Å². The van der Waals surface area contributed by atoms with Crippen LogP contribution in [0.1, 0.15) is 68.9 Å². The van der Waals surface area contributed by atoms with Gasteiger partial charge in [0.05, 0.1) is 36.2 Å². The zero-order chi connectivity index (χ0) is 37.4. The van der Waals surface area contributed by atoms with Crippen molar-refractivity contribution in [3.8, 4) is 34.5 Å². The molecule has 0 radical (unpaired) electrons. The van der Waals surface area contributed by atoms with Gasteiger partial charge in [-0.05, 0) is 61.6 Å². The van der Waals surface area contributed by atoms with Gasteiger partial charge in [-0.25, -0.2) is 4.79 Å². The van der Waals surface area contributed by atoms with Crippen molar-refractivity contribution in [2.75, 3.05) is 32.8 Å². The van der Waals surface area contributed by atoms with Crippen molar-refractivity contribution in [3.63, 3.8) is 0 Å². The van der Waals surface area contributed by atoms with Crippen LogP contribution in [0.4, 0.5) is 0 Å². The van der Waals surface area contributed by atoms with Crippen molar-refractivity contribution < 1.29 is 48.6 Å². The maximum Gasteiger partial charge on any atom is 0.333 e. The van der Waals surface area contributed by atoms with E-state index in [1.165, 1.54) is 25.8 Å². The number of benzene rings is 3. The highest BCUT2D eigenvalue weighted by molar-refractivity contribution is 7.99. The average molecular weight is 757 g/mol. The summed E-state index contributed by atoms with van der Waals surface area (Å²) >= 11 is 1.48. The Morgan fingerprint density at radius 3 is 2.69 bits per heavy atom. The molecule has 7 atom stereocenters. The van der Waals surface area contributed by atoms with Crippen molar-refractivity contribution in [1.82, 2.24) is 20.5 Å². The first-order chi connectivity index (χ1) is 26.0. The van der Waals surface area contributed by atoms with E-state index in [0.29, 0.717) is 70.3 Å². The molecule has 15 heteroatoms. The third-order valence-corrected chi connectivity index (χ3v) is 13.7. The second-order valence-electron chi connectivity index (χ2n) is 15.0. The van der Waals surface area contributed by atoms with E-state index in [4.69, 9.17) is 23.7 Å². The molecule has 6 N–H and O–H groups in total. The summed E-state index contributed by atoms with van der Waals surface area (Å²) < 4.78 is 30.4. The van der Waals surface area contributed by atoms with E-state index in [9.17, 15) is 24.9 Å². The molecule has 1 aromatic heterocycles. The minimum atomic E-state index is -1.32. The monoisotopic (exact) mass is 756 g/mol. The predicted molar refractivity (Wildman–Crippen MR) is 195 cm³/mol. The average Bonchev–Trinajstić information content (AvgIpc) is 3.79. The van der Waals surface area contributed by atoms with Crippen molar-refractivity contribution in [3.05, 3.63) is 68.9 Å². The number of aliphatic hydroxyl groups excluding tert-OH is 1. The number of carbonyl (C=O) groups excluding carboxylic acids is 2. The van der Waals surface area contributed by atoms with Crippen molar-refractivity contribution in [2.24, 2.45) is 0 Å². The van der Waals surface area contributed by atoms with Crippen LogP contribution >= 0.6 is 11.8 Å². The zero-order valence-electron chi connectivity index (χ0n) is 30.1. The first kappa shape index (κ1) is 33.9. The molecule has 282 valence electrons. The van der Waals surface area contributed by atoms with Crippen LogP contribution in [-0.4, -0.2) is 88.3 Å². The lowest BCUT2D eigenvalue weighted by Gasteiger charge is -2.59. The second-order valence-corrected chi connectivity index (χ2v) is 16.2. The number of aryl methyl sites for hydroxylation is 1. The first-order valence-electron chi connectivity index (χ1n) is 18.2. The van der Waals surface area contributed by atoms with E-state index in [1.807, 2.05) is 24.8 Å². The predicted octanol–water partition coefficient (Wildman–Crippen LogP) is 3.54. The van der Waals surface area contributed by atoms with Crippen LogP contribution in [0.15, 0.2) is 24.3 Å². The SMILES string of the molecule is COc1c(C)cc2c(c1O)[C@H]1N[C@@H](C2)[C@H](O)N2C1[C@@H]1SC[C@]3(NCCc4c3[nH]c3ccc(O)cc43)C(=O)OC[C@@H]2c2c3c(c(C)c(OC(C)=O)c21)OCO3. The van der Waals surface area contributed by atoms with E-state index in [1.54, 1.807) is 18.2 Å². The number of aliphatic hydroxyl groups is 1. The Balaban J connectivity index is 1.23. The molecule has 4 aromatic rings. The van der Waals surface area contributed by atoms with E-state index in [2.05, 4.69) is 15.6 Å². The third-order valence-electron chi connectivity index (χ3n) is 12.2. The minimum absolute atomic E-state index is 0.0304. The van der Waals surface area contributed by atoms with Crippen LogP contribution < -0.4 is 29.6 Å². The Bertz CT molecular complexity index is 2310. The molecule has 1 unspecified atom stereocenters. The second kappa shape index (κ2) is 11.9. The normalized spacial score (nSPS) is 29.2. The summed E-state index contributed by atoms with van der Waals surface area (Å²) in [6.07, 6.45) is 0.0106. The number of phenolic OH excluding ortho intramolecular Hbond substituents is 2. The van der Waals surface area contributed by atoms with Gasteiger partial charge in [0.2, 0.25) is 6.79 Å². The van der Waals surface area contributed by atoms with Crippen molar-refractivity contribution >= 4 is 34.6 Å². The van der Waals surface area contributed by atoms with Crippen LogP contribution in [0.25, 0.3) is 10.9 Å². The number of rotatable bonds is 2. The highest BCUT2D eigenvalue weighted by Crippen LogP contribution is 2.63. The molecule has 0 amide bonds. The Morgan fingerprint density at radius 2 is 1.89 bits per heavy atom. The molecular formula is C39H40N4O10S. The number of nitrogens with one attached hydrogen (secondary N) is 3. The van der Waals surface area contributed by atoms with E-state index < -0.39 is 53.1 Å². The molecule has 0 aliphatic carbocycles. The number of piperazine rings is 1. The number of carbonyl (C=O) groups is 2. The highest BCUT2D eigenvalue weighted by atomic mass is 32.2. The number of aromatic hydroxyl groups is 2. The van der Waals surface area contributed by atoms with Gasteiger partial charge in [0.25, 0.3) is 0 Å². The summed E-state index contributed by atoms with van der Waals surface area (Å²) in [6, 6.07) is 4.84. The number of hydrogen-bond acceptors (Lipinski definition) is 14. The standard InChI is InChI=1S/C39H40N4O10S/c1-15-9-18-10-23-37(47)43-24-12-50-38(48)39(36-20(7-8-40-39)21-11-19(45)5-6-22(21)42-36)13-54-35(29(43)28(41-23)25(18)30(46)31(15)49-4)27-26(24)34-33(51-14-52-34)16(2)32(27)53-17(3)44/h5-6,9,11,23-24,28-29,35,37,40-42,45-47H,7-8,10,12-14H2,1-4H3/t23-,24+,28+,29?,35+,37-,39+/m0/s1. The molecule has 4 bridgehead atoms. The van der Waals surface area contributed by atoms with Gasteiger partial charge in [0.1, 0.15) is 24.3 Å². The number of esters is 2. The molecule has 2 saturated heterocycles. The first-order valence-corrected chi connectivity index (χ1v) is 19.2. The van der Waals surface area contributed by atoms with Gasteiger partial charge in [-0.3, -0.25) is 15.0 Å². The zero-order valence-corrected chi connectivity index (χ0v) is 30.9. The van der Waals surface area contributed by atoms with Gasteiger partial charge in [-0.2, -0.15) is 0 Å². The fourth-order valence-corrected chi connectivity index (χ4v) is 11.7. The van der Waals surface area contributed by atoms with Crippen LogP contribution in [0.5, 0.6) is 34.5 Å². The maximum atomic E-state index is 14.7. The smallest absolute Gasteiger partial charge is 0.333 e. The molecule has 11 rings (SSSR count). The van der Waals surface area contributed by atoms with Gasteiger partial charge in [-0.15, -0.1) is 11.8 Å². The molecule has 2 fully saturated rings. The quantitative estimate of drug-likeness (QED) is 0.129. The molecule has 7 aliphatic heterocycles. The number of phenols is 2. The van der Waals surface area contributed by atoms with Gasteiger partial charge in [-0.1, -0.05) is 6.07 Å². The number of aromatic amines is 1. The Kier molecular flexibility index (Phi) is 7.47. The lowest BCUT2D eigenvalue weighted by Crippen LogP contribution is -2.69. The van der Waals surface area contributed by atoms with E-state index in [0.717, 1.165) is 27.6 Å². The highest BCUT2D eigenvalue weighted by Gasteiger charge is 2.60. The van der Waals surface area contributed by atoms with Crippen molar-refractivity contribution in [1.29, 1.82) is 0 Å². The fraction of sp³-hybridized carbons (Fsp3) is 0.436. The summed E-state index contributed by atoms with van der Waals surface area (Å²) in [6.45, 7) is 5.32. The topological polar surface area (TPSA) is 184 Å². The molecule has 3 aromatic carbocycles. The van der Waals surface area contributed by atoms with Gasteiger partial charge < -0.3 is 49.3 Å². The number of H-pyrrole nitrogens is 1. The Hall–Kier alpha value is -4.67. The molecule has 54 heavy (non-hydrogen) atoms. The number of nitrogens with zero attached hydrogens (tertiary/aromatic N) is 1. The van der Waals surface area contributed by atoms with Crippen molar-refractivity contribution in [2.45, 2.75) is 74.8 Å². The van der Waals surface area contributed by atoms with Crippen LogP contribution in [0.2, 0.25) is 0 Å². The number of fused-ring (bicyclic) bond motifs is 11. The number of ether oxygens (including phenoxy) is 5. The molecule has 14 nitrogen and oxygen atoms in total. The summed E-state index contributed by atoms with van der Waals surface area (Å²) in [7, 11) is 1.53. The molecular weight excluding hydrogens is 717 g/mol. The summed E-state index contributed by atoms with van der Waals surface area (Å²) in [5.74, 6) is 0.947. The van der Waals surface area contributed by atoms with Gasteiger partial charge >= 0.3 is 11.9 Å². The Labute approximate surface area is 314 Å². The Morgan fingerprint density at radius 1 is 1.07 bits per heavy atom. The number of thioether (sulfide) groups is 1. The molecule has 7 aliphatic rings. The third kappa shape index (κ3) is 4.50. The number of hydrogen-bond donors (Lipinski definition) is 6. The lowest BCUT2D eigenvalue weighted by molar-refractivity contribution is -0.164. The molecule has 1 spiro atoms. The van der Waals surface area contributed by atoms with E-state index in [-0.39, 0.29) is 30.7 Å². The summed E-state index contributed by atoms with van der Waals surface area (Å²) in [5.41, 5.74) is 5.34. The van der Waals surface area contributed by atoms with Crippen LogP contribution in [0, 0.1) is 13.8 Å². The number of methoxy groups -OCH3 is 1. The maximum absolute atomic E-state index is 14.7. The number of aromatic nitrogens is 1. The summed E-state index contributed by atoms with van der Waals surface area (Å²) in [4.78, 5) is 33.1. The fourth-order valence-electron chi connectivity index (χ4n) is 10.1. The van der Waals surface area contributed by atoms with Crippen LogP contribution in [0.3, 0.4) is 0 Å². The summed E-state index contributed by atoms with van der Waals surface area (Å²) in [5, 5.41) is 42.2.